The van der Waals surface area contributed by atoms with Gasteiger partial charge in [0.05, 0.1) is 27.1 Å². The van der Waals surface area contributed by atoms with Gasteiger partial charge in [-0.1, -0.05) is 35.0 Å². The van der Waals surface area contributed by atoms with Crippen molar-refractivity contribution in [2.45, 2.75) is 17.2 Å². The summed E-state index contributed by atoms with van der Waals surface area (Å²) in [7, 11) is 0. The van der Waals surface area contributed by atoms with E-state index in [0.717, 1.165) is 11.8 Å². The summed E-state index contributed by atoms with van der Waals surface area (Å²) < 4.78 is 0. The molecule has 0 saturated carbocycles. The summed E-state index contributed by atoms with van der Waals surface area (Å²) in [6.45, 7) is 1.65. The molecular formula is C16H11Cl2N5OS. The summed E-state index contributed by atoms with van der Waals surface area (Å²) in [5, 5.41) is 21.3. The lowest BCUT2D eigenvalue weighted by Crippen LogP contribution is -2.23. The van der Waals surface area contributed by atoms with E-state index in [0.29, 0.717) is 15.7 Å². The van der Waals surface area contributed by atoms with Crippen LogP contribution >= 0.6 is 35.0 Å². The molecule has 0 unspecified atom stereocenters. The molecule has 0 radical (unpaired) electrons. The van der Waals surface area contributed by atoms with Crippen molar-refractivity contribution in [3.05, 3.63) is 45.4 Å². The zero-order valence-electron chi connectivity index (χ0n) is 12.9. The average molecular weight is 392 g/mol. The Morgan fingerprint density at radius 1 is 1.28 bits per heavy atom. The fraction of sp³-hybridized carbons (Fsp3) is 0.125. The van der Waals surface area contributed by atoms with Gasteiger partial charge in [0.1, 0.15) is 23.0 Å². The SMILES string of the molecule is C[C@@H](Sc1nc(N)c(C#N)cc1C#N)C(=O)Nc1ccc(Cl)cc1Cl. The first-order valence-corrected chi connectivity index (χ1v) is 8.52. The Labute approximate surface area is 158 Å². The molecule has 1 aromatic carbocycles. The standard InChI is InChI=1S/C16H11Cl2N5OS/c1-8(15(24)22-13-3-2-11(17)5-12(13)18)25-16-10(7-20)4-9(6-19)14(21)23-16/h2-5,8H,1H3,(H2,21,23)(H,22,24)/t8-/m1/s1. The Hall–Kier alpha value is -2.45. The Kier molecular flexibility index (Phi) is 6.11. The van der Waals surface area contributed by atoms with Gasteiger partial charge in [0.25, 0.3) is 0 Å². The number of nitrogens with two attached hydrogens (primary N) is 1. The molecule has 9 heteroatoms. The molecule has 0 aliphatic heterocycles. The third kappa shape index (κ3) is 4.55. The van der Waals surface area contributed by atoms with E-state index >= 15 is 0 Å². The molecule has 1 atom stereocenters. The van der Waals surface area contributed by atoms with E-state index in [1.807, 2.05) is 12.1 Å². The van der Waals surface area contributed by atoms with Crippen molar-refractivity contribution in [2.24, 2.45) is 0 Å². The molecule has 126 valence electrons. The molecule has 2 aromatic rings. The number of hydrogen-bond acceptors (Lipinski definition) is 6. The van der Waals surface area contributed by atoms with Crippen molar-refractivity contribution in [1.29, 1.82) is 10.5 Å². The summed E-state index contributed by atoms with van der Waals surface area (Å²) in [5.74, 6) is -0.319. The molecule has 25 heavy (non-hydrogen) atoms. The first-order chi connectivity index (χ1) is 11.8. The van der Waals surface area contributed by atoms with Gasteiger partial charge in [0.2, 0.25) is 5.91 Å². The minimum Gasteiger partial charge on any atom is -0.383 e. The van der Waals surface area contributed by atoms with Crippen LogP contribution in [0.5, 0.6) is 0 Å². The number of pyridine rings is 1. The maximum atomic E-state index is 12.3. The van der Waals surface area contributed by atoms with Crippen LogP contribution < -0.4 is 11.1 Å². The number of anilines is 2. The van der Waals surface area contributed by atoms with Crippen LogP contribution in [0.4, 0.5) is 11.5 Å². The molecule has 1 heterocycles. The zero-order valence-corrected chi connectivity index (χ0v) is 15.2. The highest BCUT2D eigenvalue weighted by atomic mass is 35.5. The first kappa shape index (κ1) is 18.9. The largest absolute Gasteiger partial charge is 0.383 e. The highest BCUT2D eigenvalue weighted by molar-refractivity contribution is 8.00. The molecule has 0 saturated heterocycles. The normalized spacial score (nSPS) is 11.2. The number of hydrogen-bond donors (Lipinski definition) is 2. The fourth-order valence-electron chi connectivity index (χ4n) is 1.82. The van der Waals surface area contributed by atoms with Crippen LogP contribution in [-0.2, 0) is 4.79 Å². The molecule has 1 aromatic heterocycles. The molecule has 3 N–H and O–H groups in total. The summed E-state index contributed by atoms with van der Waals surface area (Å²) >= 11 is 12.9. The van der Waals surface area contributed by atoms with Crippen molar-refractivity contribution in [1.82, 2.24) is 4.98 Å². The monoisotopic (exact) mass is 391 g/mol. The second kappa shape index (κ2) is 8.09. The maximum Gasteiger partial charge on any atom is 0.237 e. The molecule has 2 rings (SSSR count). The lowest BCUT2D eigenvalue weighted by atomic mass is 10.2. The van der Waals surface area contributed by atoms with E-state index in [2.05, 4.69) is 10.3 Å². The third-order valence-corrected chi connectivity index (χ3v) is 4.75. The molecule has 1 amide bonds. The van der Waals surface area contributed by atoms with Crippen LogP contribution in [0.15, 0.2) is 29.3 Å². The molecule has 0 bridgehead atoms. The predicted octanol–water partition coefficient (Wildman–Crippen LogP) is 3.83. The molecule has 0 aliphatic rings. The Morgan fingerprint density at radius 3 is 2.56 bits per heavy atom. The summed E-state index contributed by atoms with van der Waals surface area (Å²) in [5.41, 5.74) is 6.40. The molecule has 0 aliphatic carbocycles. The van der Waals surface area contributed by atoms with E-state index in [9.17, 15) is 10.1 Å². The van der Waals surface area contributed by atoms with Crippen LogP contribution in [0, 0.1) is 22.7 Å². The minimum atomic E-state index is -0.585. The Morgan fingerprint density at radius 2 is 1.96 bits per heavy atom. The molecule has 0 spiro atoms. The number of carbonyl (C=O) groups is 1. The number of thioether (sulfide) groups is 1. The highest BCUT2D eigenvalue weighted by Gasteiger charge is 2.20. The van der Waals surface area contributed by atoms with E-state index < -0.39 is 5.25 Å². The number of benzene rings is 1. The number of amides is 1. The number of aromatic nitrogens is 1. The number of nitrogen functional groups attached to an aromatic ring is 1. The topological polar surface area (TPSA) is 116 Å². The van der Waals surface area contributed by atoms with Gasteiger partial charge < -0.3 is 11.1 Å². The van der Waals surface area contributed by atoms with Crippen molar-refractivity contribution in [3.63, 3.8) is 0 Å². The maximum absolute atomic E-state index is 12.3. The van der Waals surface area contributed by atoms with Gasteiger partial charge in [-0.15, -0.1) is 0 Å². The van der Waals surface area contributed by atoms with Gasteiger partial charge >= 0.3 is 0 Å². The molecule has 0 fully saturated rings. The zero-order chi connectivity index (χ0) is 18.6. The van der Waals surface area contributed by atoms with Gasteiger partial charge in [-0.3, -0.25) is 4.79 Å². The van der Waals surface area contributed by atoms with Crippen LogP contribution in [0.2, 0.25) is 10.0 Å². The summed E-state index contributed by atoms with van der Waals surface area (Å²) in [6, 6.07) is 9.89. The van der Waals surface area contributed by atoms with Crippen molar-refractivity contribution < 1.29 is 4.79 Å². The smallest absolute Gasteiger partial charge is 0.237 e. The number of nitriles is 2. The second-order valence-corrected chi connectivity index (χ2v) is 7.04. The number of rotatable bonds is 4. The lowest BCUT2D eigenvalue weighted by Gasteiger charge is -2.13. The number of nitrogens with one attached hydrogen (secondary N) is 1. The number of halogens is 2. The lowest BCUT2D eigenvalue weighted by molar-refractivity contribution is -0.115. The van der Waals surface area contributed by atoms with Gasteiger partial charge in [-0.25, -0.2) is 4.98 Å². The van der Waals surface area contributed by atoms with Gasteiger partial charge in [0, 0.05) is 5.02 Å². The van der Waals surface area contributed by atoms with E-state index in [4.69, 9.17) is 34.2 Å². The van der Waals surface area contributed by atoms with Crippen LogP contribution in [0.3, 0.4) is 0 Å². The van der Waals surface area contributed by atoms with E-state index in [1.165, 1.54) is 12.1 Å². The Bertz CT molecular complexity index is 920. The summed E-state index contributed by atoms with van der Waals surface area (Å²) in [6.07, 6.45) is 0. The van der Waals surface area contributed by atoms with Crippen LogP contribution in [0.1, 0.15) is 18.1 Å². The van der Waals surface area contributed by atoms with Crippen molar-refractivity contribution in [3.8, 4) is 12.1 Å². The van der Waals surface area contributed by atoms with Gasteiger partial charge in [-0.2, -0.15) is 10.5 Å². The van der Waals surface area contributed by atoms with E-state index in [-0.39, 0.29) is 27.9 Å². The third-order valence-electron chi connectivity index (χ3n) is 3.10. The van der Waals surface area contributed by atoms with E-state index in [1.54, 1.807) is 19.1 Å². The van der Waals surface area contributed by atoms with Crippen LogP contribution in [0.25, 0.3) is 0 Å². The van der Waals surface area contributed by atoms with Crippen molar-refractivity contribution >= 4 is 52.4 Å². The molecular weight excluding hydrogens is 381 g/mol. The van der Waals surface area contributed by atoms with Crippen molar-refractivity contribution in [2.75, 3.05) is 11.1 Å². The summed E-state index contributed by atoms with van der Waals surface area (Å²) in [4.78, 5) is 16.4. The average Bonchev–Trinajstić information content (AvgIpc) is 2.57. The van der Waals surface area contributed by atoms with Crippen LogP contribution in [-0.4, -0.2) is 16.1 Å². The fourth-order valence-corrected chi connectivity index (χ4v) is 3.15. The number of nitrogens with zero attached hydrogens (tertiary/aromatic N) is 3. The molecule has 6 nitrogen and oxygen atoms in total. The number of carbonyl (C=O) groups excluding carboxylic acids is 1. The highest BCUT2D eigenvalue weighted by Crippen LogP contribution is 2.30. The second-order valence-electron chi connectivity index (χ2n) is 4.87. The quantitative estimate of drug-likeness (QED) is 0.764. The first-order valence-electron chi connectivity index (χ1n) is 6.89. The minimum absolute atomic E-state index is 0.0114. The van der Waals surface area contributed by atoms with Gasteiger partial charge in [0.15, 0.2) is 0 Å². The Balaban J connectivity index is 2.18. The predicted molar refractivity (Wildman–Crippen MR) is 98.5 cm³/mol. The van der Waals surface area contributed by atoms with Gasteiger partial charge in [-0.05, 0) is 31.2 Å².